The third-order valence-electron chi connectivity index (χ3n) is 4.72. The second-order valence-electron chi connectivity index (χ2n) is 6.55. The van der Waals surface area contributed by atoms with Crippen LogP contribution in [-0.4, -0.2) is 31.2 Å². The zero-order valence-corrected chi connectivity index (χ0v) is 16.5. The van der Waals surface area contributed by atoms with Crippen LogP contribution >= 0.6 is 0 Å². The molecule has 0 saturated heterocycles. The lowest BCUT2D eigenvalue weighted by molar-refractivity contribution is 0.270. The molecule has 1 aromatic carbocycles. The number of rotatable bonds is 8. The van der Waals surface area contributed by atoms with Crippen LogP contribution in [-0.2, 0) is 19.6 Å². The molecule has 3 aromatic rings. The summed E-state index contributed by atoms with van der Waals surface area (Å²) in [6.45, 7) is 12.2. The summed E-state index contributed by atoms with van der Waals surface area (Å²) in [6, 6.07) is 10.2. The predicted octanol–water partition coefficient (Wildman–Crippen LogP) is 4.12. The molecule has 0 N–H and O–H groups in total. The van der Waals surface area contributed by atoms with Crippen molar-refractivity contribution in [1.29, 1.82) is 0 Å². The van der Waals surface area contributed by atoms with Crippen LogP contribution in [0, 0.1) is 13.8 Å². The van der Waals surface area contributed by atoms with E-state index < -0.39 is 0 Å². The Balaban J connectivity index is 1.71. The van der Waals surface area contributed by atoms with Gasteiger partial charge in [0.15, 0.2) is 0 Å². The Kier molecular flexibility index (Phi) is 6.19. The van der Waals surface area contributed by atoms with Crippen molar-refractivity contribution in [3.05, 3.63) is 65.2 Å². The molecule has 0 spiro atoms. The van der Waals surface area contributed by atoms with Gasteiger partial charge < -0.3 is 4.74 Å². The molecule has 0 radical (unpaired) electrons. The second-order valence-corrected chi connectivity index (χ2v) is 6.55. The molecule has 3 rings (SSSR count). The molecule has 0 unspecified atom stereocenters. The van der Waals surface area contributed by atoms with Crippen molar-refractivity contribution in [2.45, 2.75) is 47.3 Å². The maximum Gasteiger partial charge on any atom is 0.321 e. The van der Waals surface area contributed by atoms with Crippen LogP contribution in [0.3, 0.4) is 0 Å². The van der Waals surface area contributed by atoms with Crippen LogP contribution in [0.2, 0.25) is 0 Å². The van der Waals surface area contributed by atoms with Crippen molar-refractivity contribution < 1.29 is 4.74 Å². The first-order valence-corrected chi connectivity index (χ1v) is 9.39. The zero-order valence-electron chi connectivity index (χ0n) is 16.5. The largest absolute Gasteiger partial charge is 0.424 e. The zero-order chi connectivity index (χ0) is 19.2. The van der Waals surface area contributed by atoms with Crippen molar-refractivity contribution in [1.82, 2.24) is 24.6 Å². The minimum Gasteiger partial charge on any atom is -0.424 e. The summed E-state index contributed by atoms with van der Waals surface area (Å²) < 4.78 is 7.83. The second kappa shape index (κ2) is 8.77. The molecule has 0 atom stereocenters. The summed E-state index contributed by atoms with van der Waals surface area (Å²) in [5.41, 5.74) is 4.89. The summed E-state index contributed by atoms with van der Waals surface area (Å²) in [6.07, 6.45) is 3.35. The quantitative estimate of drug-likeness (QED) is 0.601. The van der Waals surface area contributed by atoms with E-state index in [1.165, 1.54) is 16.8 Å². The van der Waals surface area contributed by atoms with Crippen LogP contribution in [0.15, 0.2) is 42.7 Å². The summed E-state index contributed by atoms with van der Waals surface area (Å²) in [7, 11) is 0. The molecule has 2 aromatic heterocycles. The Labute approximate surface area is 160 Å². The Morgan fingerprint density at radius 2 is 1.81 bits per heavy atom. The van der Waals surface area contributed by atoms with Crippen molar-refractivity contribution in [3.63, 3.8) is 0 Å². The smallest absolute Gasteiger partial charge is 0.321 e. The van der Waals surface area contributed by atoms with Gasteiger partial charge >= 0.3 is 6.01 Å². The van der Waals surface area contributed by atoms with Gasteiger partial charge in [0, 0.05) is 43.3 Å². The van der Waals surface area contributed by atoms with Crippen molar-refractivity contribution in [3.8, 4) is 11.8 Å². The van der Waals surface area contributed by atoms with E-state index in [2.05, 4.69) is 58.4 Å². The van der Waals surface area contributed by atoms with E-state index in [0.29, 0.717) is 6.01 Å². The lowest BCUT2D eigenvalue weighted by Crippen LogP contribution is -2.23. The van der Waals surface area contributed by atoms with Gasteiger partial charge in [0.1, 0.15) is 5.75 Å². The molecule has 0 aliphatic rings. The summed E-state index contributed by atoms with van der Waals surface area (Å²) in [5.74, 6) is 0.751. The lowest BCUT2D eigenvalue weighted by atomic mass is 10.1. The number of hydrogen-bond acceptors (Lipinski definition) is 5. The van der Waals surface area contributed by atoms with Gasteiger partial charge in [0.05, 0.1) is 5.69 Å². The number of hydrogen-bond donors (Lipinski definition) is 0. The Hall–Kier alpha value is -2.73. The minimum absolute atomic E-state index is 0.361. The maximum atomic E-state index is 5.75. The van der Waals surface area contributed by atoms with E-state index in [0.717, 1.165) is 37.6 Å². The van der Waals surface area contributed by atoms with Gasteiger partial charge in [-0.2, -0.15) is 5.10 Å². The Bertz CT molecular complexity index is 876. The van der Waals surface area contributed by atoms with Gasteiger partial charge in [0.2, 0.25) is 0 Å². The monoisotopic (exact) mass is 365 g/mol. The number of benzene rings is 1. The molecule has 0 saturated carbocycles. The van der Waals surface area contributed by atoms with Gasteiger partial charge in [-0.25, -0.2) is 9.97 Å². The molecule has 27 heavy (non-hydrogen) atoms. The van der Waals surface area contributed by atoms with Crippen LogP contribution in [0.4, 0.5) is 0 Å². The van der Waals surface area contributed by atoms with Gasteiger partial charge in [0.25, 0.3) is 0 Å². The van der Waals surface area contributed by atoms with Crippen molar-refractivity contribution >= 4 is 0 Å². The first kappa shape index (κ1) is 19.0. The van der Waals surface area contributed by atoms with Crippen LogP contribution in [0.5, 0.6) is 11.8 Å². The van der Waals surface area contributed by atoms with E-state index in [9.17, 15) is 0 Å². The molecular weight excluding hydrogens is 338 g/mol. The number of nitrogens with zero attached hydrogens (tertiary/aromatic N) is 5. The summed E-state index contributed by atoms with van der Waals surface area (Å²) in [4.78, 5) is 10.6. The highest BCUT2D eigenvalue weighted by Gasteiger charge is 2.14. The van der Waals surface area contributed by atoms with Gasteiger partial charge in [-0.3, -0.25) is 9.58 Å². The van der Waals surface area contributed by atoms with E-state index in [1.807, 2.05) is 18.2 Å². The molecule has 0 aliphatic heterocycles. The fraction of sp³-hybridized carbons (Fsp3) is 0.381. The molecular formula is C21H27N5O. The topological polar surface area (TPSA) is 56.1 Å². The Morgan fingerprint density at radius 3 is 2.48 bits per heavy atom. The third-order valence-corrected chi connectivity index (χ3v) is 4.72. The fourth-order valence-corrected chi connectivity index (χ4v) is 3.18. The van der Waals surface area contributed by atoms with E-state index in [4.69, 9.17) is 4.74 Å². The van der Waals surface area contributed by atoms with Crippen molar-refractivity contribution in [2.75, 3.05) is 6.54 Å². The molecule has 0 fully saturated rings. The van der Waals surface area contributed by atoms with Crippen molar-refractivity contribution in [2.24, 2.45) is 0 Å². The van der Waals surface area contributed by atoms with Crippen LogP contribution in [0.25, 0.3) is 0 Å². The standard InChI is InChI=1S/C21H27N5O/c1-5-25(15-20-16(3)24-26(6-2)17(20)4)14-18-9-7-10-19(13-18)27-21-22-11-8-12-23-21/h7-13H,5-6,14-15H2,1-4H3. The highest BCUT2D eigenvalue weighted by Crippen LogP contribution is 2.21. The van der Waals surface area contributed by atoms with E-state index in [1.54, 1.807) is 18.5 Å². The fourth-order valence-electron chi connectivity index (χ4n) is 3.18. The summed E-state index contributed by atoms with van der Waals surface area (Å²) >= 11 is 0. The average molecular weight is 365 g/mol. The van der Waals surface area contributed by atoms with Gasteiger partial charge in [-0.1, -0.05) is 19.1 Å². The minimum atomic E-state index is 0.361. The van der Waals surface area contributed by atoms with Gasteiger partial charge in [-0.15, -0.1) is 0 Å². The van der Waals surface area contributed by atoms with Crippen LogP contribution < -0.4 is 4.74 Å². The molecule has 0 amide bonds. The highest BCUT2D eigenvalue weighted by atomic mass is 16.5. The highest BCUT2D eigenvalue weighted by molar-refractivity contribution is 5.30. The number of aryl methyl sites for hydroxylation is 2. The number of ether oxygens (including phenoxy) is 1. The normalized spacial score (nSPS) is 11.1. The summed E-state index contributed by atoms with van der Waals surface area (Å²) in [5, 5.41) is 4.64. The molecule has 6 nitrogen and oxygen atoms in total. The molecule has 2 heterocycles. The molecule has 142 valence electrons. The lowest BCUT2D eigenvalue weighted by Gasteiger charge is -2.21. The molecule has 0 aliphatic carbocycles. The van der Waals surface area contributed by atoms with Crippen LogP contribution in [0.1, 0.15) is 36.4 Å². The first-order valence-electron chi connectivity index (χ1n) is 9.39. The maximum absolute atomic E-state index is 5.75. The predicted molar refractivity (Wildman–Crippen MR) is 106 cm³/mol. The Morgan fingerprint density at radius 1 is 1.04 bits per heavy atom. The first-order chi connectivity index (χ1) is 13.1. The molecule has 6 heteroatoms. The number of aromatic nitrogens is 4. The third kappa shape index (κ3) is 4.71. The molecule has 0 bridgehead atoms. The SMILES string of the molecule is CCN(Cc1cccc(Oc2ncccn2)c1)Cc1c(C)nn(CC)c1C. The van der Waals surface area contributed by atoms with E-state index >= 15 is 0 Å². The van der Waals surface area contributed by atoms with Gasteiger partial charge in [-0.05, 0) is 51.1 Å². The van der Waals surface area contributed by atoms with E-state index in [-0.39, 0.29) is 0 Å². The average Bonchev–Trinajstić information content (AvgIpc) is 2.96.